The molecular formula is C10H11KO4S. The van der Waals surface area contributed by atoms with Gasteiger partial charge >= 0.3 is 51.4 Å². The van der Waals surface area contributed by atoms with Gasteiger partial charge in [0, 0.05) is 0 Å². The number of hydrogen-bond acceptors (Lipinski definition) is 4. The van der Waals surface area contributed by atoms with Crippen molar-refractivity contribution in [3.8, 4) is 0 Å². The van der Waals surface area contributed by atoms with Crippen LogP contribution in [0, 0.1) is 5.92 Å². The Bertz CT molecular complexity index is 449. The number of rotatable bonds is 1. The third-order valence-corrected chi connectivity index (χ3v) is 4.12. The maximum Gasteiger partial charge on any atom is 1.00 e. The van der Waals surface area contributed by atoms with Gasteiger partial charge in [0.2, 0.25) is 0 Å². The number of hydrogen-bond donors (Lipinski definition) is 0. The van der Waals surface area contributed by atoms with Crippen molar-refractivity contribution in [2.45, 2.75) is 24.5 Å². The monoisotopic (exact) mass is 266 g/mol. The zero-order chi connectivity index (χ0) is 11.1. The molecule has 0 aromatic carbocycles. The maximum atomic E-state index is 11.7. The molecule has 82 valence electrons. The molecule has 0 aromatic heterocycles. The molecule has 0 amide bonds. The Hall–Kier alpha value is 0.696. The summed E-state index contributed by atoms with van der Waals surface area (Å²) in [5.74, 6) is -0.383. The third-order valence-electron chi connectivity index (χ3n) is 2.98. The largest absolute Gasteiger partial charge is 1.00 e. The fourth-order valence-electron chi connectivity index (χ4n) is 2.18. The molecule has 0 heterocycles. The van der Waals surface area contributed by atoms with Gasteiger partial charge in [-0.1, -0.05) is 18.2 Å². The van der Waals surface area contributed by atoms with E-state index in [4.69, 9.17) is 0 Å². The first-order chi connectivity index (χ1) is 7.00. The number of carbonyl (C=O) groups is 1. The second-order valence-electron chi connectivity index (χ2n) is 3.91. The van der Waals surface area contributed by atoms with Crippen molar-refractivity contribution in [1.82, 2.24) is 0 Å². The Morgan fingerprint density at radius 3 is 2.62 bits per heavy atom. The molecule has 0 aromatic rings. The minimum atomic E-state index is -4.49. The summed E-state index contributed by atoms with van der Waals surface area (Å²) in [6.07, 6.45) is 6.86. The minimum Gasteiger partial charge on any atom is -0.747 e. The van der Waals surface area contributed by atoms with Gasteiger partial charge in [-0.2, -0.15) is 0 Å². The Morgan fingerprint density at radius 2 is 2.00 bits per heavy atom. The molecule has 4 nitrogen and oxygen atoms in total. The first kappa shape index (κ1) is 14.8. The number of Topliss-reactive ketones (excluding diaryl/α,β-unsaturated/α-hetero) is 1. The predicted octanol–water partition coefficient (Wildman–Crippen LogP) is -2.23. The predicted molar refractivity (Wildman–Crippen MR) is 53.1 cm³/mol. The summed E-state index contributed by atoms with van der Waals surface area (Å²) in [6, 6.07) is 0. The fraction of sp³-hybridized carbons (Fsp3) is 0.500. The van der Waals surface area contributed by atoms with Gasteiger partial charge in [0.25, 0.3) is 0 Å². The van der Waals surface area contributed by atoms with Crippen LogP contribution in [0.2, 0.25) is 0 Å². The van der Waals surface area contributed by atoms with E-state index in [9.17, 15) is 17.8 Å². The second kappa shape index (κ2) is 5.56. The first-order valence-corrected chi connectivity index (χ1v) is 6.33. The molecule has 0 saturated heterocycles. The zero-order valence-electron chi connectivity index (χ0n) is 9.05. The number of fused-ring (bicyclic) bond motifs is 1. The van der Waals surface area contributed by atoms with E-state index in [1.165, 1.54) is 0 Å². The molecule has 0 N–H and O–H groups in total. The van der Waals surface area contributed by atoms with Crippen LogP contribution >= 0.6 is 0 Å². The van der Waals surface area contributed by atoms with Crippen LogP contribution in [0.3, 0.4) is 0 Å². The van der Waals surface area contributed by atoms with Crippen molar-refractivity contribution < 1.29 is 69.1 Å². The molecule has 1 fully saturated rings. The Morgan fingerprint density at radius 1 is 1.31 bits per heavy atom. The summed E-state index contributed by atoms with van der Waals surface area (Å²) < 4.78 is 32.5. The summed E-state index contributed by atoms with van der Waals surface area (Å²) in [4.78, 5) is 11.7. The van der Waals surface area contributed by atoms with Crippen LogP contribution in [0.5, 0.6) is 0 Å². The van der Waals surface area contributed by atoms with Crippen molar-refractivity contribution in [3.05, 3.63) is 23.8 Å². The average Bonchev–Trinajstić information content (AvgIpc) is 2.16. The Labute approximate surface area is 137 Å². The standard InChI is InChI=1S/C10H12O4S.K/c11-10-8-4-2-1-3-7(8)5-6-9(10)15(12,13)14;/h1-2,4,7,9H,3,5-6H2,(H,12,13,14);/q;+1/p-1. The Balaban J connectivity index is 0.00000128. The van der Waals surface area contributed by atoms with Crippen LogP contribution in [0.1, 0.15) is 19.3 Å². The van der Waals surface area contributed by atoms with Crippen LogP contribution in [-0.2, 0) is 14.9 Å². The van der Waals surface area contributed by atoms with E-state index >= 15 is 0 Å². The van der Waals surface area contributed by atoms with Gasteiger partial charge < -0.3 is 4.55 Å². The second-order valence-corrected chi connectivity index (χ2v) is 5.46. The molecule has 1 saturated carbocycles. The van der Waals surface area contributed by atoms with E-state index in [2.05, 4.69) is 0 Å². The first-order valence-electron chi connectivity index (χ1n) is 4.86. The van der Waals surface area contributed by atoms with Crippen molar-refractivity contribution in [2.24, 2.45) is 5.92 Å². The van der Waals surface area contributed by atoms with Crippen LogP contribution in [0.25, 0.3) is 0 Å². The molecule has 2 atom stereocenters. The van der Waals surface area contributed by atoms with Gasteiger partial charge in [-0.15, -0.1) is 0 Å². The SMILES string of the molecule is O=C1C2=CC=CCC2CCC1S(=O)(=O)[O-].[K+]. The topological polar surface area (TPSA) is 74.3 Å². The van der Waals surface area contributed by atoms with Crippen molar-refractivity contribution in [3.63, 3.8) is 0 Å². The fourth-order valence-corrected chi connectivity index (χ4v) is 3.00. The molecule has 0 radical (unpaired) electrons. The van der Waals surface area contributed by atoms with E-state index < -0.39 is 21.2 Å². The van der Waals surface area contributed by atoms with Crippen molar-refractivity contribution in [2.75, 3.05) is 0 Å². The van der Waals surface area contributed by atoms with E-state index in [1.54, 1.807) is 12.2 Å². The molecule has 0 bridgehead atoms. The van der Waals surface area contributed by atoms with E-state index in [0.717, 1.165) is 6.42 Å². The van der Waals surface area contributed by atoms with E-state index in [-0.39, 0.29) is 63.7 Å². The summed E-state index contributed by atoms with van der Waals surface area (Å²) in [5.41, 5.74) is 0.508. The van der Waals surface area contributed by atoms with Crippen LogP contribution < -0.4 is 51.4 Å². The summed E-state index contributed by atoms with van der Waals surface area (Å²) >= 11 is 0. The molecule has 0 spiro atoms. The molecule has 0 aliphatic heterocycles. The van der Waals surface area contributed by atoms with E-state index in [0.29, 0.717) is 12.0 Å². The van der Waals surface area contributed by atoms with Gasteiger partial charge in [0.1, 0.15) is 15.4 Å². The van der Waals surface area contributed by atoms with Crippen molar-refractivity contribution in [1.29, 1.82) is 0 Å². The molecule has 16 heavy (non-hydrogen) atoms. The molecule has 2 rings (SSSR count). The number of ketones is 1. The summed E-state index contributed by atoms with van der Waals surface area (Å²) in [5, 5.41) is -1.36. The van der Waals surface area contributed by atoms with Crippen LogP contribution in [0.15, 0.2) is 23.8 Å². The average molecular weight is 266 g/mol. The van der Waals surface area contributed by atoms with Gasteiger partial charge in [-0.25, -0.2) is 8.42 Å². The normalized spacial score (nSPS) is 29.1. The number of carbonyl (C=O) groups excluding carboxylic acids is 1. The smallest absolute Gasteiger partial charge is 0.747 e. The molecule has 6 heteroatoms. The molecule has 2 unspecified atom stereocenters. The maximum absolute atomic E-state index is 11.7. The van der Waals surface area contributed by atoms with Crippen molar-refractivity contribution >= 4 is 15.9 Å². The molecular weight excluding hydrogens is 255 g/mol. The number of allylic oxidation sites excluding steroid dienone is 4. The third kappa shape index (κ3) is 2.93. The zero-order valence-corrected chi connectivity index (χ0v) is 13.0. The molecule has 2 aliphatic rings. The minimum absolute atomic E-state index is 0. The van der Waals surface area contributed by atoms with Gasteiger partial charge in [0.15, 0.2) is 5.78 Å². The van der Waals surface area contributed by atoms with Gasteiger partial charge in [0.05, 0.1) is 0 Å². The van der Waals surface area contributed by atoms with Crippen LogP contribution in [0.4, 0.5) is 0 Å². The van der Waals surface area contributed by atoms with Gasteiger partial charge in [-0.05, 0) is 30.8 Å². The van der Waals surface area contributed by atoms with Crippen LogP contribution in [-0.4, -0.2) is 24.0 Å². The molecule has 2 aliphatic carbocycles. The summed E-state index contributed by atoms with van der Waals surface area (Å²) in [6.45, 7) is 0. The Kier molecular flexibility index (Phi) is 5.13. The van der Waals surface area contributed by atoms with E-state index in [1.807, 2.05) is 6.08 Å². The summed E-state index contributed by atoms with van der Waals surface area (Å²) in [7, 11) is -4.49. The quantitative estimate of drug-likeness (QED) is 0.398. The van der Waals surface area contributed by atoms with Gasteiger partial charge in [-0.3, -0.25) is 4.79 Å².